The molecule has 2 aliphatic rings. The van der Waals surface area contributed by atoms with Crippen LogP contribution >= 0.6 is 22.9 Å². The van der Waals surface area contributed by atoms with Gasteiger partial charge in [0.25, 0.3) is 5.91 Å². The molecule has 34 heavy (non-hydrogen) atoms. The fourth-order valence-corrected chi connectivity index (χ4v) is 7.63. The number of fused-ring (bicyclic) bond motifs is 3. The number of hydrogen-bond donors (Lipinski definition) is 1. The molecule has 0 aliphatic heterocycles. The topological polar surface area (TPSA) is 54.9 Å². The van der Waals surface area contributed by atoms with Crippen LogP contribution in [0.5, 0.6) is 0 Å². The van der Waals surface area contributed by atoms with E-state index in [2.05, 4.69) is 61.4 Å². The fourth-order valence-electron chi connectivity index (χ4n) is 6.44. The molecule has 1 amide bonds. The highest BCUT2D eigenvalue weighted by Crippen LogP contribution is 2.58. The normalized spacial score (nSPS) is 26.1. The van der Waals surface area contributed by atoms with Crippen molar-refractivity contribution in [3.63, 3.8) is 0 Å². The summed E-state index contributed by atoms with van der Waals surface area (Å²) in [6, 6.07) is 14.2. The van der Waals surface area contributed by atoms with Crippen LogP contribution < -0.4 is 5.32 Å². The molecule has 5 rings (SSSR count). The maximum absolute atomic E-state index is 12.7. The zero-order valence-electron chi connectivity index (χ0n) is 20.3. The molecule has 0 unspecified atom stereocenters. The number of amides is 1. The van der Waals surface area contributed by atoms with E-state index in [1.165, 1.54) is 34.4 Å². The third-order valence-electron chi connectivity index (χ3n) is 8.30. The molecule has 3 atom stereocenters. The molecule has 0 radical (unpaired) electrons. The van der Waals surface area contributed by atoms with Gasteiger partial charge in [-0.3, -0.25) is 10.1 Å². The van der Waals surface area contributed by atoms with Gasteiger partial charge in [0.1, 0.15) is 5.01 Å². The smallest absolute Gasteiger partial charge is 0.259 e. The summed E-state index contributed by atoms with van der Waals surface area (Å²) in [4.78, 5) is 12.7. The van der Waals surface area contributed by atoms with Crippen molar-refractivity contribution in [2.45, 2.75) is 76.5 Å². The molecule has 1 N–H and O–H groups in total. The molecule has 3 aromatic rings. The van der Waals surface area contributed by atoms with Crippen LogP contribution in [0, 0.1) is 5.92 Å². The first-order valence-electron chi connectivity index (χ1n) is 12.3. The fraction of sp³-hybridized carbons (Fsp3) is 0.464. The maximum atomic E-state index is 12.7. The number of anilines is 1. The number of aromatic nitrogens is 2. The van der Waals surface area contributed by atoms with Crippen LogP contribution in [0.2, 0.25) is 5.02 Å². The zero-order chi connectivity index (χ0) is 24.1. The summed E-state index contributed by atoms with van der Waals surface area (Å²) in [6.45, 7) is 9.36. The zero-order valence-corrected chi connectivity index (χ0v) is 21.9. The number of nitrogens with zero attached hydrogens (tertiary/aromatic N) is 2. The Bertz CT molecular complexity index is 1240. The highest BCUT2D eigenvalue weighted by molar-refractivity contribution is 7.15. The number of aryl methyl sites for hydroxylation is 1. The summed E-state index contributed by atoms with van der Waals surface area (Å²) < 4.78 is 0. The minimum absolute atomic E-state index is 0.0630. The Labute approximate surface area is 211 Å². The van der Waals surface area contributed by atoms with Crippen molar-refractivity contribution in [1.82, 2.24) is 10.2 Å². The van der Waals surface area contributed by atoms with Crippen molar-refractivity contribution in [3.05, 3.63) is 74.7 Å². The number of benzene rings is 2. The van der Waals surface area contributed by atoms with E-state index in [0.717, 1.165) is 30.7 Å². The van der Waals surface area contributed by atoms with Gasteiger partial charge in [-0.1, -0.05) is 87.4 Å². The van der Waals surface area contributed by atoms with Gasteiger partial charge in [-0.05, 0) is 71.8 Å². The minimum Gasteiger partial charge on any atom is -0.296 e. The average molecular weight is 494 g/mol. The molecule has 2 aromatic carbocycles. The third kappa shape index (κ3) is 3.87. The number of carbonyl (C=O) groups is 1. The molecule has 0 spiro atoms. The lowest BCUT2D eigenvalue weighted by atomic mass is 9.50. The molecular formula is C28H32ClN3OS. The first-order chi connectivity index (χ1) is 16.2. The van der Waals surface area contributed by atoms with Gasteiger partial charge in [0.15, 0.2) is 0 Å². The van der Waals surface area contributed by atoms with Gasteiger partial charge in [-0.15, -0.1) is 10.2 Å². The Morgan fingerprint density at radius 3 is 2.65 bits per heavy atom. The molecule has 1 saturated carbocycles. The highest BCUT2D eigenvalue weighted by Gasteiger charge is 2.53. The van der Waals surface area contributed by atoms with Gasteiger partial charge in [-0.2, -0.15) is 0 Å². The summed E-state index contributed by atoms with van der Waals surface area (Å²) in [5, 5.41) is 13.9. The van der Waals surface area contributed by atoms with Gasteiger partial charge in [0, 0.05) is 5.41 Å². The van der Waals surface area contributed by atoms with Crippen LogP contribution in [0.4, 0.5) is 5.13 Å². The lowest BCUT2D eigenvalue weighted by molar-refractivity contribution is 0.0846. The lowest BCUT2D eigenvalue weighted by Crippen LogP contribution is -2.51. The van der Waals surface area contributed by atoms with Crippen molar-refractivity contribution in [3.8, 4) is 0 Å². The SMILES string of the molecule is CC(C)c1ccc2c(c1)CC[C@H]1[C@](C)(c3nnc(NC(=O)c4ccccc4Cl)s3)CCC[C@]21C. The summed E-state index contributed by atoms with van der Waals surface area (Å²) in [6.07, 6.45) is 5.73. The van der Waals surface area contributed by atoms with Gasteiger partial charge >= 0.3 is 0 Å². The predicted octanol–water partition coefficient (Wildman–Crippen LogP) is 7.53. The van der Waals surface area contributed by atoms with E-state index in [0.29, 0.717) is 27.6 Å². The first kappa shape index (κ1) is 23.5. The van der Waals surface area contributed by atoms with Crippen molar-refractivity contribution >= 4 is 34.0 Å². The van der Waals surface area contributed by atoms with Crippen LogP contribution in [0.25, 0.3) is 0 Å². The molecule has 0 bridgehead atoms. The maximum Gasteiger partial charge on any atom is 0.259 e. The second-order valence-electron chi connectivity index (χ2n) is 10.7. The second kappa shape index (κ2) is 8.76. The van der Waals surface area contributed by atoms with E-state index in [-0.39, 0.29) is 16.7 Å². The predicted molar refractivity (Wildman–Crippen MR) is 140 cm³/mol. The molecule has 1 heterocycles. The summed E-state index contributed by atoms with van der Waals surface area (Å²) in [7, 11) is 0. The van der Waals surface area contributed by atoms with Gasteiger partial charge in [0.2, 0.25) is 5.13 Å². The van der Waals surface area contributed by atoms with Gasteiger partial charge in [-0.25, -0.2) is 0 Å². The minimum atomic E-state index is -0.250. The van der Waals surface area contributed by atoms with E-state index in [9.17, 15) is 4.79 Å². The number of hydrogen-bond acceptors (Lipinski definition) is 4. The number of rotatable bonds is 4. The average Bonchev–Trinajstić information content (AvgIpc) is 3.28. The lowest BCUT2D eigenvalue weighted by Gasteiger charge is -2.54. The Balaban J connectivity index is 1.43. The summed E-state index contributed by atoms with van der Waals surface area (Å²) in [5.74, 6) is 0.791. The van der Waals surface area contributed by atoms with Crippen molar-refractivity contribution in [1.29, 1.82) is 0 Å². The van der Waals surface area contributed by atoms with E-state index >= 15 is 0 Å². The quantitative estimate of drug-likeness (QED) is 0.408. The largest absolute Gasteiger partial charge is 0.296 e. The van der Waals surface area contributed by atoms with Crippen LogP contribution in [0.1, 0.15) is 91.4 Å². The van der Waals surface area contributed by atoms with Crippen molar-refractivity contribution in [2.24, 2.45) is 5.92 Å². The summed E-state index contributed by atoms with van der Waals surface area (Å²) in [5.41, 5.74) is 4.99. The Morgan fingerprint density at radius 2 is 1.88 bits per heavy atom. The van der Waals surface area contributed by atoms with Crippen LogP contribution in [0.3, 0.4) is 0 Å². The second-order valence-corrected chi connectivity index (χ2v) is 12.1. The van der Waals surface area contributed by atoms with Crippen molar-refractivity contribution < 1.29 is 4.79 Å². The first-order valence-corrected chi connectivity index (χ1v) is 13.4. The molecule has 6 heteroatoms. The molecular weight excluding hydrogens is 462 g/mol. The van der Waals surface area contributed by atoms with Crippen LogP contribution in [-0.2, 0) is 17.3 Å². The number of carbonyl (C=O) groups excluding carboxylic acids is 1. The van der Waals surface area contributed by atoms with Gasteiger partial charge < -0.3 is 0 Å². The Kier molecular flexibility index (Phi) is 6.06. The van der Waals surface area contributed by atoms with E-state index in [1.54, 1.807) is 18.2 Å². The van der Waals surface area contributed by atoms with E-state index < -0.39 is 0 Å². The Hall–Kier alpha value is -2.24. The monoisotopic (exact) mass is 493 g/mol. The number of halogens is 1. The molecule has 178 valence electrons. The third-order valence-corrected chi connectivity index (χ3v) is 9.74. The molecule has 4 nitrogen and oxygen atoms in total. The van der Waals surface area contributed by atoms with E-state index in [1.807, 2.05) is 6.07 Å². The molecule has 1 fully saturated rings. The molecule has 2 aliphatic carbocycles. The van der Waals surface area contributed by atoms with Crippen molar-refractivity contribution in [2.75, 3.05) is 5.32 Å². The van der Waals surface area contributed by atoms with Crippen LogP contribution in [0.15, 0.2) is 42.5 Å². The van der Waals surface area contributed by atoms with Gasteiger partial charge in [0.05, 0.1) is 10.6 Å². The number of nitrogens with one attached hydrogen (secondary N) is 1. The molecule has 1 aromatic heterocycles. The Morgan fingerprint density at radius 1 is 1.12 bits per heavy atom. The standard InChI is InChI=1S/C28H32ClN3OS/c1-17(2)18-10-12-21-19(16-18)11-13-23-27(21,3)14-7-15-28(23,4)25-31-32-26(34-25)30-24(33)20-8-5-6-9-22(20)29/h5-6,8-10,12,16-17,23H,7,11,13-15H2,1-4H3,(H,30,32,33)/t23-,27-,28-/m1/s1. The molecule has 0 saturated heterocycles. The van der Waals surface area contributed by atoms with E-state index in [4.69, 9.17) is 11.6 Å². The van der Waals surface area contributed by atoms with Crippen LogP contribution in [-0.4, -0.2) is 16.1 Å². The highest BCUT2D eigenvalue weighted by atomic mass is 35.5. The summed E-state index contributed by atoms with van der Waals surface area (Å²) >= 11 is 7.71.